The monoisotopic (exact) mass is 385 g/mol. The van der Waals surface area contributed by atoms with Gasteiger partial charge in [0, 0.05) is 6.07 Å². The van der Waals surface area contributed by atoms with Gasteiger partial charge in [0.05, 0.1) is 17.6 Å². The minimum Gasteiger partial charge on any atom is -0.305 e. The molecule has 4 aromatic rings. The van der Waals surface area contributed by atoms with Gasteiger partial charge in [-0.1, -0.05) is 29.8 Å². The highest BCUT2D eigenvalue weighted by Crippen LogP contribution is 2.29. The van der Waals surface area contributed by atoms with Gasteiger partial charge in [-0.3, -0.25) is 4.79 Å². The van der Waals surface area contributed by atoms with Crippen LogP contribution in [0.4, 0.5) is 13.2 Å². The average molecular weight is 385 g/mol. The van der Waals surface area contributed by atoms with Gasteiger partial charge >= 0.3 is 6.18 Å². The molecule has 0 aliphatic heterocycles. The van der Waals surface area contributed by atoms with Crippen molar-refractivity contribution in [2.24, 2.45) is 0 Å². The van der Waals surface area contributed by atoms with Crippen LogP contribution in [-0.4, -0.2) is 14.0 Å². The summed E-state index contributed by atoms with van der Waals surface area (Å²) in [5, 5.41) is 0. The van der Waals surface area contributed by atoms with Gasteiger partial charge in [-0.15, -0.1) is 0 Å². The Kier molecular flexibility index (Phi) is 4.06. The number of hydrogen-bond acceptors (Lipinski definition) is 2. The molecule has 0 bridgehead atoms. The van der Waals surface area contributed by atoms with Crippen molar-refractivity contribution >= 4 is 16.8 Å². The highest BCUT2D eigenvalue weighted by Gasteiger charge is 2.34. The first-order chi connectivity index (χ1) is 13.2. The Morgan fingerprint density at radius 3 is 2.18 bits per heavy atom. The Morgan fingerprint density at radius 2 is 1.57 bits per heavy atom. The Labute approximate surface area is 158 Å². The molecule has 0 aliphatic rings. The summed E-state index contributed by atoms with van der Waals surface area (Å²) >= 11 is 0. The first-order valence-corrected chi connectivity index (χ1v) is 8.82. The van der Waals surface area contributed by atoms with Crippen LogP contribution in [0.3, 0.4) is 0 Å². The van der Waals surface area contributed by atoms with Crippen LogP contribution in [0.15, 0.2) is 47.3 Å². The maximum Gasteiger partial charge on any atom is 0.433 e. The van der Waals surface area contributed by atoms with Crippen molar-refractivity contribution in [2.45, 2.75) is 33.5 Å². The lowest BCUT2D eigenvalue weighted by molar-refractivity contribution is -0.141. The molecule has 0 unspecified atom stereocenters. The van der Waals surface area contributed by atoms with Crippen molar-refractivity contribution in [3.8, 4) is 0 Å². The molecule has 4 rings (SSSR count). The summed E-state index contributed by atoms with van der Waals surface area (Å²) in [5.74, 6) is -0.0135. The molecule has 144 valence electrons. The van der Waals surface area contributed by atoms with Crippen molar-refractivity contribution in [1.82, 2.24) is 14.0 Å². The molecule has 28 heavy (non-hydrogen) atoms. The molecule has 0 radical (unpaired) electrons. The number of hydrogen-bond donors (Lipinski definition) is 0. The lowest BCUT2D eigenvalue weighted by atomic mass is 10.00. The number of aryl methyl sites for hydroxylation is 3. The van der Waals surface area contributed by atoms with Gasteiger partial charge in [-0.05, 0) is 49.6 Å². The highest BCUT2D eigenvalue weighted by atomic mass is 19.4. The van der Waals surface area contributed by atoms with E-state index in [1.165, 1.54) is 4.40 Å². The first-order valence-electron chi connectivity index (χ1n) is 8.82. The fraction of sp³-hybridized carbons (Fsp3) is 0.238. The topological polar surface area (TPSA) is 39.3 Å². The molecule has 7 heteroatoms. The summed E-state index contributed by atoms with van der Waals surface area (Å²) in [6.07, 6.45) is -4.69. The Balaban J connectivity index is 2.06. The third-order valence-electron chi connectivity index (χ3n) is 5.00. The zero-order valence-electron chi connectivity index (χ0n) is 15.6. The van der Waals surface area contributed by atoms with Crippen LogP contribution in [0.1, 0.15) is 27.9 Å². The van der Waals surface area contributed by atoms with E-state index in [1.807, 2.05) is 32.9 Å². The van der Waals surface area contributed by atoms with E-state index in [0.29, 0.717) is 23.6 Å². The van der Waals surface area contributed by atoms with Crippen LogP contribution in [0, 0.1) is 20.8 Å². The molecule has 0 N–H and O–H groups in total. The molecule has 0 saturated carbocycles. The first kappa shape index (κ1) is 18.3. The van der Waals surface area contributed by atoms with Crippen molar-refractivity contribution in [3.63, 3.8) is 0 Å². The zero-order chi connectivity index (χ0) is 20.2. The number of alkyl halides is 3. The van der Waals surface area contributed by atoms with Crippen LogP contribution in [0.25, 0.3) is 16.8 Å². The lowest BCUT2D eigenvalue weighted by Gasteiger charge is -2.14. The third kappa shape index (κ3) is 2.87. The van der Waals surface area contributed by atoms with Crippen molar-refractivity contribution in [1.29, 1.82) is 0 Å². The number of imidazole rings is 1. The van der Waals surface area contributed by atoms with Gasteiger partial charge < -0.3 is 4.57 Å². The predicted molar refractivity (Wildman–Crippen MR) is 102 cm³/mol. The van der Waals surface area contributed by atoms with Gasteiger partial charge in [-0.2, -0.15) is 13.2 Å². The minimum atomic E-state index is -4.69. The van der Waals surface area contributed by atoms with Gasteiger partial charge in [0.15, 0.2) is 5.69 Å². The van der Waals surface area contributed by atoms with E-state index in [1.54, 1.807) is 28.8 Å². The number of nitrogens with zero attached hydrogens (tertiary/aromatic N) is 3. The van der Waals surface area contributed by atoms with Crippen LogP contribution < -0.4 is 5.56 Å². The Bertz CT molecular complexity index is 1260. The molecule has 2 aromatic heterocycles. The predicted octanol–water partition coefficient (Wildman–Crippen LogP) is 4.64. The molecule has 0 saturated heterocycles. The summed E-state index contributed by atoms with van der Waals surface area (Å²) in [6.45, 7) is 6.28. The van der Waals surface area contributed by atoms with Gasteiger partial charge in [0.1, 0.15) is 0 Å². The molecule has 0 amide bonds. The normalized spacial score (nSPS) is 12.2. The van der Waals surface area contributed by atoms with E-state index < -0.39 is 17.4 Å². The van der Waals surface area contributed by atoms with Gasteiger partial charge in [0.2, 0.25) is 5.78 Å². The largest absolute Gasteiger partial charge is 0.433 e. The number of para-hydroxylation sites is 2. The van der Waals surface area contributed by atoms with E-state index in [-0.39, 0.29) is 5.78 Å². The van der Waals surface area contributed by atoms with Crippen molar-refractivity contribution in [3.05, 3.63) is 80.8 Å². The molecular weight excluding hydrogens is 367 g/mol. The maximum absolute atomic E-state index is 13.3. The SMILES string of the molecule is Cc1cc(C)c(Cn2c3ccccc3n3c(=O)cc(C(F)(F)F)nc23)c(C)c1. The number of halogens is 3. The smallest absolute Gasteiger partial charge is 0.305 e. The Morgan fingerprint density at radius 1 is 0.964 bits per heavy atom. The summed E-state index contributed by atoms with van der Waals surface area (Å²) in [7, 11) is 0. The molecule has 2 aromatic carbocycles. The van der Waals surface area contributed by atoms with Crippen LogP contribution in [-0.2, 0) is 12.7 Å². The van der Waals surface area contributed by atoms with Gasteiger partial charge in [0.25, 0.3) is 5.56 Å². The number of fused-ring (bicyclic) bond motifs is 3. The standard InChI is InChI=1S/C21H18F3N3O/c1-12-8-13(2)15(14(3)9-12)11-26-16-6-4-5-7-17(16)27-19(28)10-18(21(22,23)24)25-20(26)27/h4-10H,11H2,1-3H3. The fourth-order valence-corrected chi connectivity index (χ4v) is 3.79. The fourth-order valence-electron chi connectivity index (χ4n) is 3.79. The van der Waals surface area contributed by atoms with E-state index in [4.69, 9.17) is 0 Å². The Hall–Kier alpha value is -3.09. The van der Waals surface area contributed by atoms with E-state index in [0.717, 1.165) is 22.3 Å². The average Bonchev–Trinajstić information content (AvgIpc) is 2.91. The second-order valence-corrected chi connectivity index (χ2v) is 7.06. The molecule has 4 nitrogen and oxygen atoms in total. The summed E-state index contributed by atoms with van der Waals surface area (Å²) in [6, 6.07) is 11.7. The maximum atomic E-state index is 13.3. The molecule has 0 aliphatic carbocycles. The van der Waals surface area contributed by atoms with E-state index >= 15 is 0 Å². The molecule has 2 heterocycles. The number of aromatic nitrogens is 3. The molecular formula is C21H18F3N3O. The summed E-state index contributed by atoms with van der Waals surface area (Å²) < 4.78 is 42.7. The number of benzene rings is 2. The lowest BCUT2D eigenvalue weighted by Crippen LogP contribution is -2.20. The number of rotatable bonds is 2. The van der Waals surface area contributed by atoms with Crippen LogP contribution >= 0.6 is 0 Å². The summed E-state index contributed by atoms with van der Waals surface area (Å²) in [4.78, 5) is 16.3. The second kappa shape index (κ2) is 6.22. The summed E-state index contributed by atoms with van der Waals surface area (Å²) in [5.41, 5.74) is 3.47. The third-order valence-corrected chi connectivity index (χ3v) is 5.00. The second-order valence-electron chi connectivity index (χ2n) is 7.06. The molecule has 0 atom stereocenters. The quantitative estimate of drug-likeness (QED) is 0.504. The van der Waals surface area contributed by atoms with Gasteiger partial charge in [-0.25, -0.2) is 9.38 Å². The molecule has 0 fully saturated rings. The minimum absolute atomic E-state index is 0.0135. The van der Waals surface area contributed by atoms with E-state index in [2.05, 4.69) is 4.98 Å². The van der Waals surface area contributed by atoms with E-state index in [9.17, 15) is 18.0 Å². The van der Waals surface area contributed by atoms with Crippen LogP contribution in [0.2, 0.25) is 0 Å². The van der Waals surface area contributed by atoms with Crippen molar-refractivity contribution < 1.29 is 13.2 Å². The molecule has 0 spiro atoms. The van der Waals surface area contributed by atoms with Crippen LogP contribution in [0.5, 0.6) is 0 Å². The zero-order valence-corrected chi connectivity index (χ0v) is 15.6. The van der Waals surface area contributed by atoms with Crippen molar-refractivity contribution in [2.75, 3.05) is 0 Å². The highest BCUT2D eigenvalue weighted by molar-refractivity contribution is 5.80.